The van der Waals surface area contributed by atoms with Crippen molar-refractivity contribution in [1.82, 2.24) is 0 Å². The van der Waals surface area contributed by atoms with Crippen molar-refractivity contribution in [2.24, 2.45) is 16.7 Å². The first-order valence-corrected chi connectivity index (χ1v) is 6.48. The third-order valence-electron chi connectivity index (χ3n) is 1.06. The molecule has 0 heterocycles. The highest BCUT2D eigenvalue weighted by atomic mass is 32.9. The topological polar surface area (TPSA) is 148 Å². The van der Waals surface area contributed by atoms with Crippen molar-refractivity contribution >= 4 is 32.0 Å². The number of esters is 1. The van der Waals surface area contributed by atoms with Crippen molar-refractivity contribution in [2.75, 3.05) is 6.61 Å². The Kier molecular flexibility index (Phi) is 10.1. The van der Waals surface area contributed by atoms with E-state index in [4.69, 9.17) is 24.9 Å². The van der Waals surface area contributed by atoms with Crippen molar-refractivity contribution in [3.8, 4) is 0 Å². The van der Waals surface area contributed by atoms with Crippen LogP contribution in [0.1, 0.15) is 19.8 Å². The molecule has 0 atom stereocenters. The molecule has 10 heteroatoms. The Morgan fingerprint density at radius 2 is 1.94 bits per heavy atom. The summed E-state index contributed by atoms with van der Waals surface area (Å²) in [6.07, 6.45) is 0.593. The molecule has 0 saturated heterocycles. The van der Waals surface area contributed by atoms with Gasteiger partial charge < -0.3 is 16.3 Å². The highest BCUT2D eigenvalue weighted by molar-refractivity contribution is 8.26. The Hall–Kier alpha value is -0.970. The normalized spacial score (nSPS) is 11.3. The van der Waals surface area contributed by atoms with Gasteiger partial charge in [0.2, 0.25) is 0 Å². The molecule has 0 aliphatic rings. The van der Waals surface area contributed by atoms with E-state index in [9.17, 15) is 4.79 Å². The number of carbonyl (C=O) groups excluding carboxylic acids is 1. The van der Waals surface area contributed by atoms with E-state index in [1.54, 1.807) is 6.92 Å². The fourth-order valence-corrected chi connectivity index (χ4v) is 0.528. The highest BCUT2D eigenvalue weighted by Gasteiger charge is 2.01. The molecule has 6 N–H and O–H groups in total. The van der Waals surface area contributed by atoms with Crippen molar-refractivity contribution in [3.05, 3.63) is 0 Å². The maximum absolute atomic E-state index is 10.7. The number of amidine groups is 1. The summed E-state index contributed by atoms with van der Waals surface area (Å²) in [6, 6.07) is 0. The summed E-state index contributed by atoms with van der Waals surface area (Å²) in [6.45, 7) is 2.14. The average molecular weight is 273 g/mol. The lowest BCUT2D eigenvalue weighted by atomic mass is 10.3. The number of hydrogen-bond acceptors (Lipinski definition) is 6. The molecule has 0 amide bonds. The lowest BCUT2D eigenvalue weighted by Gasteiger charge is -1.99. The van der Waals surface area contributed by atoms with Crippen LogP contribution in [0, 0.1) is 0 Å². The molecule has 8 nitrogen and oxygen atoms in total. The van der Waals surface area contributed by atoms with E-state index in [0.29, 0.717) is 13.0 Å². The quantitative estimate of drug-likeness (QED) is 0.172. The predicted molar refractivity (Wildman–Crippen MR) is 62.4 cm³/mol. The monoisotopic (exact) mass is 273 g/mol. The van der Waals surface area contributed by atoms with Crippen molar-refractivity contribution in [2.45, 2.75) is 19.8 Å². The first kappa shape index (κ1) is 17.4. The van der Waals surface area contributed by atoms with Crippen LogP contribution in [0.2, 0.25) is 0 Å². The molecule has 0 radical (unpaired) electrons. The summed E-state index contributed by atoms with van der Waals surface area (Å²) in [7, 11) is -3.83. The summed E-state index contributed by atoms with van der Waals surface area (Å²) in [5.41, 5.74) is 5.23. The zero-order valence-corrected chi connectivity index (χ0v) is 10.3. The van der Waals surface area contributed by atoms with Gasteiger partial charge in [0.15, 0.2) is 0 Å². The van der Waals surface area contributed by atoms with Crippen LogP contribution >= 0.6 is 0 Å². The molecule has 0 aromatic rings. The zero-order chi connectivity index (χ0) is 13.2. The number of ether oxygens (including phenoxy) is 1. The Morgan fingerprint density at radius 3 is 2.25 bits per heavy atom. The Labute approximate surface area is 98.3 Å². The third-order valence-corrected chi connectivity index (χ3v) is 1.06. The van der Waals surface area contributed by atoms with Gasteiger partial charge >= 0.3 is 5.97 Å². The Bertz CT molecular complexity index is 319. The van der Waals surface area contributed by atoms with E-state index in [1.165, 1.54) is 0 Å². The summed E-state index contributed by atoms with van der Waals surface area (Å²) in [5, 5.41) is 3.21. The van der Waals surface area contributed by atoms with Crippen LogP contribution in [-0.4, -0.2) is 31.7 Å². The maximum atomic E-state index is 10.7. The zero-order valence-electron chi connectivity index (χ0n) is 8.66. The van der Waals surface area contributed by atoms with Gasteiger partial charge in [-0.05, 0) is 6.92 Å². The molecule has 0 spiro atoms. The van der Waals surface area contributed by atoms with Crippen molar-refractivity contribution in [3.63, 3.8) is 0 Å². The van der Waals surface area contributed by atoms with Gasteiger partial charge in [0.1, 0.15) is 5.84 Å². The van der Waals surface area contributed by atoms with Gasteiger partial charge in [0, 0.05) is 17.6 Å². The molecule has 0 saturated carbocycles. The lowest BCUT2D eigenvalue weighted by Crippen LogP contribution is -2.16. The summed E-state index contributed by atoms with van der Waals surface area (Å²) >= 11 is 3.47. The first-order valence-electron chi connectivity index (χ1n) is 4.08. The van der Waals surface area contributed by atoms with Crippen LogP contribution in [0.15, 0.2) is 5.10 Å². The number of carbonyl (C=O) groups is 1. The highest BCUT2D eigenvalue weighted by Crippen LogP contribution is 1.91. The van der Waals surface area contributed by atoms with Crippen LogP contribution in [0.4, 0.5) is 0 Å². The van der Waals surface area contributed by atoms with Crippen LogP contribution < -0.4 is 11.6 Å². The van der Waals surface area contributed by atoms with Gasteiger partial charge in [0.05, 0.1) is 13.0 Å². The first-order chi connectivity index (χ1) is 7.20. The van der Waals surface area contributed by atoms with Gasteiger partial charge in [-0.3, -0.25) is 13.9 Å². The second-order valence-electron chi connectivity index (χ2n) is 2.37. The number of nitrogens with zero attached hydrogens (tertiary/aromatic N) is 1. The van der Waals surface area contributed by atoms with E-state index in [-0.39, 0.29) is 18.2 Å². The molecule has 0 unspecified atom stereocenters. The minimum absolute atomic E-state index is 0.236. The average Bonchev–Trinajstić information content (AvgIpc) is 2.12. The lowest BCUT2D eigenvalue weighted by molar-refractivity contribution is -0.142. The molecule has 0 aromatic heterocycles. The summed E-state index contributed by atoms with van der Waals surface area (Å²) < 4.78 is 28.6. The second-order valence-corrected chi connectivity index (χ2v) is 4.57. The molecule has 0 aromatic carbocycles. The number of nitrogens with two attached hydrogens (primary N) is 2. The number of rotatable bonds is 4. The molecule has 0 bridgehead atoms. The van der Waals surface area contributed by atoms with E-state index >= 15 is 0 Å². The van der Waals surface area contributed by atoms with Crippen molar-refractivity contribution < 1.29 is 22.8 Å². The molecule has 0 aliphatic heterocycles. The van der Waals surface area contributed by atoms with Gasteiger partial charge in [-0.25, -0.2) is 0 Å². The fraction of sp³-hybridized carbons (Fsp3) is 0.667. The molecular weight excluding hydrogens is 258 g/mol. The molecule has 0 rings (SSSR count). The van der Waals surface area contributed by atoms with Gasteiger partial charge in [0.25, 0.3) is 9.05 Å². The van der Waals surface area contributed by atoms with Crippen LogP contribution in [0.5, 0.6) is 0 Å². The molecule has 16 heavy (non-hydrogen) atoms. The standard InChI is InChI=1S/C6H13N3O2.H2O3S2/c1-2-11-6(10)4-3-5(7)9-8;1-5(2,3)4/h2-4,8H2,1H3,(H2,7,9);(H2,1,2,3,4). The second kappa shape index (κ2) is 9.27. The smallest absolute Gasteiger partial charge is 0.306 e. The maximum Gasteiger partial charge on any atom is 0.306 e. The van der Waals surface area contributed by atoms with Crippen LogP contribution in [-0.2, 0) is 29.8 Å². The van der Waals surface area contributed by atoms with E-state index in [1.807, 2.05) is 0 Å². The van der Waals surface area contributed by atoms with Gasteiger partial charge in [-0.15, -0.1) is 0 Å². The molecule has 0 aliphatic carbocycles. The molecule has 96 valence electrons. The largest absolute Gasteiger partial charge is 0.466 e. The van der Waals surface area contributed by atoms with E-state index < -0.39 is 9.05 Å². The SMILES string of the molecule is CCOC(=O)CC/C(N)=N/N.O=S(O)(O)=S. The van der Waals surface area contributed by atoms with Gasteiger partial charge in [-0.1, -0.05) is 0 Å². The number of hydrogen-bond donors (Lipinski definition) is 4. The predicted octanol–water partition coefficient (Wildman–Crippen LogP) is -0.761. The van der Waals surface area contributed by atoms with Crippen LogP contribution in [0.3, 0.4) is 0 Å². The molecule has 0 fully saturated rings. The summed E-state index contributed by atoms with van der Waals surface area (Å²) in [5.74, 6) is 4.83. The molecular formula is C6H15N3O5S2. The Balaban J connectivity index is 0. The number of hydrazone groups is 1. The third kappa shape index (κ3) is 23.1. The fourth-order valence-electron chi connectivity index (χ4n) is 0.528. The van der Waals surface area contributed by atoms with E-state index in [2.05, 4.69) is 21.0 Å². The Morgan fingerprint density at radius 1 is 1.50 bits per heavy atom. The van der Waals surface area contributed by atoms with Gasteiger partial charge in [-0.2, -0.15) is 9.31 Å². The summed E-state index contributed by atoms with van der Waals surface area (Å²) in [4.78, 5) is 10.7. The van der Waals surface area contributed by atoms with Crippen molar-refractivity contribution in [1.29, 1.82) is 0 Å². The van der Waals surface area contributed by atoms with Crippen LogP contribution in [0.25, 0.3) is 0 Å². The van der Waals surface area contributed by atoms with E-state index in [0.717, 1.165) is 0 Å². The minimum atomic E-state index is -3.83. The minimum Gasteiger partial charge on any atom is -0.466 e.